The standard InChI is InChI=1S/C18H22N4O2S.ClH/c1-11(2)23-14-7-5-13(6-8-14)18-20-15(10-25-18)17-21-16(22-24-17)9-12(3)19-4;/h5-8,10-12,19H,9H2,1-4H3;1H. The lowest BCUT2D eigenvalue weighted by Gasteiger charge is -2.09. The largest absolute Gasteiger partial charge is 0.491 e. The van der Waals surface area contributed by atoms with E-state index < -0.39 is 0 Å². The van der Waals surface area contributed by atoms with Crippen molar-refractivity contribution in [3.05, 3.63) is 35.5 Å². The number of aromatic nitrogens is 3. The van der Waals surface area contributed by atoms with Crippen LogP contribution in [0.2, 0.25) is 0 Å². The van der Waals surface area contributed by atoms with E-state index in [1.54, 1.807) is 11.3 Å². The number of hydrogen-bond donors (Lipinski definition) is 1. The lowest BCUT2D eigenvalue weighted by Crippen LogP contribution is -2.24. The molecule has 2 aromatic heterocycles. The highest BCUT2D eigenvalue weighted by Gasteiger charge is 2.15. The van der Waals surface area contributed by atoms with Gasteiger partial charge in [-0.25, -0.2) is 4.98 Å². The van der Waals surface area contributed by atoms with Crippen LogP contribution in [0.4, 0.5) is 0 Å². The van der Waals surface area contributed by atoms with Crippen molar-refractivity contribution in [2.75, 3.05) is 7.05 Å². The van der Waals surface area contributed by atoms with E-state index in [4.69, 9.17) is 9.26 Å². The maximum atomic E-state index is 5.67. The van der Waals surface area contributed by atoms with Gasteiger partial charge in [0.1, 0.15) is 16.5 Å². The Kier molecular flexibility index (Phi) is 7.14. The third-order valence-corrected chi connectivity index (χ3v) is 4.54. The zero-order valence-electron chi connectivity index (χ0n) is 15.2. The molecule has 1 atom stereocenters. The van der Waals surface area contributed by atoms with Crippen LogP contribution in [0.1, 0.15) is 26.6 Å². The zero-order valence-corrected chi connectivity index (χ0v) is 16.9. The molecule has 0 radical (unpaired) electrons. The minimum atomic E-state index is 0. The molecule has 0 fully saturated rings. The molecule has 1 aromatic carbocycles. The molecule has 1 unspecified atom stereocenters. The maximum absolute atomic E-state index is 5.67. The van der Waals surface area contributed by atoms with E-state index in [1.165, 1.54) is 0 Å². The van der Waals surface area contributed by atoms with Crippen molar-refractivity contribution >= 4 is 23.7 Å². The summed E-state index contributed by atoms with van der Waals surface area (Å²) in [4.78, 5) is 9.05. The Morgan fingerprint density at radius 3 is 2.54 bits per heavy atom. The Balaban J connectivity index is 0.00000243. The molecule has 0 bridgehead atoms. The SMILES string of the molecule is CNC(C)Cc1noc(-c2csc(-c3ccc(OC(C)C)cc3)n2)n1.Cl. The average molecular weight is 395 g/mol. The molecule has 0 aliphatic carbocycles. The predicted octanol–water partition coefficient (Wildman–Crippen LogP) is 4.22. The number of nitrogens with one attached hydrogen (secondary N) is 1. The molecule has 140 valence electrons. The molecule has 0 aliphatic heterocycles. The monoisotopic (exact) mass is 394 g/mol. The number of likely N-dealkylation sites (N-methyl/N-ethyl adjacent to an activating group) is 1. The second kappa shape index (κ2) is 9.12. The van der Waals surface area contributed by atoms with E-state index in [0.717, 1.165) is 16.3 Å². The van der Waals surface area contributed by atoms with Crippen LogP contribution in [-0.2, 0) is 6.42 Å². The third kappa shape index (κ3) is 5.03. The topological polar surface area (TPSA) is 73.1 Å². The van der Waals surface area contributed by atoms with Gasteiger partial charge in [0.05, 0.1) is 6.10 Å². The first kappa shape index (κ1) is 20.4. The number of ether oxygens (including phenoxy) is 1. The maximum Gasteiger partial charge on any atom is 0.277 e. The molecule has 0 aliphatic rings. The van der Waals surface area contributed by atoms with Gasteiger partial charge in [0.15, 0.2) is 5.82 Å². The lowest BCUT2D eigenvalue weighted by molar-refractivity contribution is 0.242. The van der Waals surface area contributed by atoms with E-state index in [-0.39, 0.29) is 18.5 Å². The van der Waals surface area contributed by atoms with Crippen LogP contribution in [-0.4, -0.2) is 34.3 Å². The molecule has 8 heteroatoms. The summed E-state index contributed by atoms with van der Waals surface area (Å²) in [5.41, 5.74) is 1.74. The van der Waals surface area contributed by atoms with Crippen molar-refractivity contribution in [1.82, 2.24) is 20.4 Å². The van der Waals surface area contributed by atoms with Crippen molar-refractivity contribution < 1.29 is 9.26 Å². The van der Waals surface area contributed by atoms with Gasteiger partial charge in [0, 0.05) is 23.4 Å². The van der Waals surface area contributed by atoms with E-state index in [0.29, 0.717) is 29.9 Å². The van der Waals surface area contributed by atoms with Gasteiger partial charge in [-0.2, -0.15) is 4.98 Å². The summed E-state index contributed by atoms with van der Waals surface area (Å²) in [6, 6.07) is 8.23. The van der Waals surface area contributed by atoms with Crippen molar-refractivity contribution in [2.45, 2.75) is 39.3 Å². The van der Waals surface area contributed by atoms with Crippen LogP contribution < -0.4 is 10.1 Å². The summed E-state index contributed by atoms with van der Waals surface area (Å²) >= 11 is 1.55. The average Bonchev–Trinajstić information content (AvgIpc) is 3.24. The van der Waals surface area contributed by atoms with Crippen molar-refractivity contribution in [3.8, 4) is 27.9 Å². The minimum Gasteiger partial charge on any atom is -0.491 e. The molecule has 6 nitrogen and oxygen atoms in total. The minimum absolute atomic E-state index is 0. The normalized spacial score (nSPS) is 12.0. The number of rotatable bonds is 7. The van der Waals surface area contributed by atoms with Crippen LogP contribution in [0.3, 0.4) is 0 Å². The van der Waals surface area contributed by atoms with Gasteiger partial charge in [-0.1, -0.05) is 5.16 Å². The second-order valence-corrected chi connectivity index (χ2v) is 7.00. The highest BCUT2D eigenvalue weighted by Crippen LogP contribution is 2.29. The summed E-state index contributed by atoms with van der Waals surface area (Å²) in [6.07, 6.45) is 0.878. The summed E-state index contributed by atoms with van der Waals surface area (Å²) < 4.78 is 11.0. The highest BCUT2D eigenvalue weighted by atomic mass is 35.5. The second-order valence-electron chi connectivity index (χ2n) is 6.14. The molecule has 0 amide bonds. The molecule has 2 heterocycles. The van der Waals surface area contributed by atoms with Gasteiger partial charge >= 0.3 is 0 Å². The van der Waals surface area contributed by atoms with Crippen LogP contribution in [0.25, 0.3) is 22.2 Å². The molecule has 3 rings (SSSR count). The summed E-state index contributed by atoms with van der Waals surface area (Å²) in [7, 11) is 1.91. The first-order valence-corrected chi connectivity index (χ1v) is 9.16. The van der Waals surface area contributed by atoms with Crippen LogP contribution in [0.5, 0.6) is 5.75 Å². The zero-order chi connectivity index (χ0) is 17.8. The van der Waals surface area contributed by atoms with Crippen LogP contribution in [0.15, 0.2) is 34.2 Å². The van der Waals surface area contributed by atoms with Gasteiger partial charge < -0.3 is 14.6 Å². The third-order valence-electron chi connectivity index (χ3n) is 3.65. The predicted molar refractivity (Wildman–Crippen MR) is 106 cm³/mol. The molecular formula is C18H23ClN4O2S. The molecule has 0 spiro atoms. The quantitative estimate of drug-likeness (QED) is 0.646. The Bertz CT molecular complexity index is 817. The highest BCUT2D eigenvalue weighted by molar-refractivity contribution is 7.13. The lowest BCUT2D eigenvalue weighted by atomic mass is 10.2. The first-order valence-electron chi connectivity index (χ1n) is 8.28. The smallest absolute Gasteiger partial charge is 0.277 e. The number of nitrogens with zero attached hydrogens (tertiary/aromatic N) is 3. The summed E-state index contributed by atoms with van der Waals surface area (Å²) in [5, 5.41) is 10.0. The van der Waals surface area contributed by atoms with Crippen LogP contribution >= 0.6 is 23.7 Å². The number of halogens is 1. The van der Waals surface area contributed by atoms with Gasteiger partial charge in [0.25, 0.3) is 5.89 Å². The van der Waals surface area contributed by atoms with E-state index in [1.807, 2.05) is 50.5 Å². The number of hydrogen-bond acceptors (Lipinski definition) is 7. The number of thiazole rings is 1. The fraction of sp³-hybridized carbons (Fsp3) is 0.389. The van der Waals surface area contributed by atoms with Gasteiger partial charge in [0.2, 0.25) is 0 Å². The Morgan fingerprint density at radius 1 is 1.15 bits per heavy atom. The van der Waals surface area contributed by atoms with Gasteiger partial charge in [-0.3, -0.25) is 0 Å². The van der Waals surface area contributed by atoms with Crippen molar-refractivity contribution in [3.63, 3.8) is 0 Å². The fourth-order valence-electron chi connectivity index (χ4n) is 2.27. The molecule has 0 saturated carbocycles. The fourth-order valence-corrected chi connectivity index (χ4v) is 3.07. The molecule has 1 N–H and O–H groups in total. The van der Waals surface area contributed by atoms with Crippen molar-refractivity contribution in [1.29, 1.82) is 0 Å². The summed E-state index contributed by atoms with van der Waals surface area (Å²) in [5.74, 6) is 2.00. The Labute approximate surface area is 163 Å². The van der Waals surface area contributed by atoms with Crippen molar-refractivity contribution in [2.24, 2.45) is 0 Å². The van der Waals surface area contributed by atoms with Gasteiger partial charge in [-0.15, -0.1) is 23.7 Å². The molecule has 0 saturated heterocycles. The molecular weight excluding hydrogens is 372 g/mol. The number of benzene rings is 1. The van der Waals surface area contributed by atoms with Gasteiger partial charge in [-0.05, 0) is 52.1 Å². The Morgan fingerprint density at radius 2 is 1.88 bits per heavy atom. The van der Waals surface area contributed by atoms with E-state index in [2.05, 4.69) is 27.4 Å². The summed E-state index contributed by atoms with van der Waals surface area (Å²) in [6.45, 7) is 6.09. The molecule has 26 heavy (non-hydrogen) atoms. The van der Waals surface area contributed by atoms with E-state index >= 15 is 0 Å². The Hall–Kier alpha value is -1.96. The first-order chi connectivity index (χ1) is 12.0. The van der Waals surface area contributed by atoms with E-state index in [9.17, 15) is 0 Å². The van der Waals surface area contributed by atoms with Crippen LogP contribution in [0, 0.1) is 0 Å². The molecule has 3 aromatic rings.